The Morgan fingerprint density at radius 2 is 1.37 bits per heavy atom. The molecule has 152 valence electrons. The smallest absolute Gasteiger partial charge is 0.194 e. The van der Waals surface area contributed by atoms with Crippen molar-refractivity contribution in [3.63, 3.8) is 0 Å². The van der Waals surface area contributed by atoms with E-state index in [2.05, 4.69) is 6.92 Å². The summed E-state index contributed by atoms with van der Waals surface area (Å²) < 4.78 is 62.4. The van der Waals surface area contributed by atoms with Gasteiger partial charge in [-0.25, -0.2) is 13.2 Å². The number of halogens is 3. The van der Waals surface area contributed by atoms with Crippen LogP contribution in [0.5, 0.6) is 0 Å². The molecule has 0 atom stereocenters. The number of rotatable bonds is 7. The monoisotopic (exact) mass is 388 g/mol. The fraction of sp³-hybridized carbons (Fsp3) is 0.700. The van der Waals surface area contributed by atoms with Gasteiger partial charge in [0.25, 0.3) is 0 Å². The van der Waals surface area contributed by atoms with Gasteiger partial charge in [-0.1, -0.05) is 19.8 Å². The Kier molecular flexibility index (Phi) is 7.52. The second-order valence-electron chi connectivity index (χ2n) is 7.34. The van der Waals surface area contributed by atoms with Crippen LogP contribution in [0.1, 0.15) is 50.9 Å². The quantitative estimate of drug-likeness (QED) is 0.633. The molecule has 2 fully saturated rings. The topological polar surface area (TPSA) is 36.9 Å². The maximum atomic E-state index is 13.3. The minimum Gasteiger partial charge on any atom is -0.352 e. The van der Waals surface area contributed by atoms with Gasteiger partial charge in [0.2, 0.25) is 0 Å². The van der Waals surface area contributed by atoms with Crippen molar-refractivity contribution in [1.29, 1.82) is 0 Å². The molecule has 2 aliphatic heterocycles. The van der Waals surface area contributed by atoms with Gasteiger partial charge in [-0.15, -0.1) is 0 Å². The van der Waals surface area contributed by atoms with E-state index in [0.29, 0.717) is 19.1 Å². The highest BCUT2D eigenvalue weighted by Crippen LogP contribution is 2.29. The summed E-state index contributed by atoms with van der Waals surface area (Å²) in [6, 6.07) is 1.81. The Balaban J connectivity index is 1.38. The predicted octanol–water partition coefficient (Wildman–Crippen LogP) is 4.73. The van der Waals surface area contributed by atoms with Crippen LogP contribution in [0.25, 0.3) is 0 Å². The molecule has 0 unspecified atom stereocenters. The van der Waals surface area contributed by atoms with Crippen LogP contribution in [0.4, 0.5) is 13.2 Å². The van der Waals surface area contributed by atoms with Crippen molar-refractivity contribution in [1.82, 2.24) is 0 Å². The van der Waals surface area contributed by atoms with Gasteiger partial charge in [-0.2, -0.15) is 0 Å². The average molecular weight is 388 g/mol. The molecule has 0 amide bonds. The Bertz CT molecular complexity index is 574. The molecule has 1 aromatic carbocycles. The van der Waals surface area contributed by atoms with Crippen molar-refractivity contribution in [2.75, 3.05) is 26.4 Å². The van der Waals surface area contributed by atoms with Crippen LogP contribution in [0.15, 0.2) is 12.1 Å². The molecule has 4 nitrogen and oxygen atoms in total. The van der Waals surface area contributed by atoms with E-state index in [-0.39, 0.29) is 17.8 Å². The van der Waals surface area contributed by atoms with Gasteiger partial charge in [0.05, 0.1) is 26.4 Å². The SMILES string of the molecule is CCCCC1COC(CCC2COC(c3cc(F)c(F)c(F)c3)OC2)OC1. The molecule has 1 aromatic rings. The van der Waals surface area contributed by atoms with E-state index in [1.807, 2.05) is 0 Å². The maximum absolute atomic E-state index is 13.3. The number of hydrogen-bond donors (Lipinski definition) is 0. The molecule has 2 heterocycles. The van der Waals surface area contributed by atoms with Gasteiger partial charge in [0.15, 0.2) is 30.0 Å². The van der Waals surface area contributed by atoms with Gasteiger partial charge < -0.3 is 18.9 Å². The lowest BCUT2D eigenvalue weighted by molar-refractivity contribution is -0.220. The van der Waals surface area contributed by atoms with Crippen LogP contribution < -0.4 is 0 Å². The lowest BCUT2D eigenvalue weighted by atomic mass is 10.0. The van der Waals surface area contributed by atoms with Gasteiger partial charge in [-0.05, 0) is 31.4 Å². The number of benzene rings is 1. The average Bonchev–Trinajstić information content (AvgIpc) is 2.69. The van der Waals surface area contributed by atoms with Crippen LogP contribution >= 0.6 is 0 Å². The van der Waals surface area contributed by atoms with Gasteiger partial charge in [0, 0.05) is 17.4 Å². The van der Waals surface area contributed by atoms with Crippen molar-refractivity contribution >= 4 is 0 Å². The third-order valence-electron chi connectivity index (χ3n) is 5.06. The zero-order chi connectivity index (χ0) is 19.2. The number of hydrogen-bond acceptors (Lipinski definition) is 4. The second kappa shape index (κ2) is 9.87. The van der Waals surface area contributed by atoms with Crippen LogP contribution in [-0.4, -0.2) is 32.7 Å². The van der Waals surface area contributed by atoms with Crippen LogP contribution in [-0.2, 0) is 18.9 Å². The molecular formula is C20H27F3O4. The maximum Gasteiger partial charge on any atom is 0.194 e. The molecular weight excluding hydrogens is 361 g/mol. The molecule has 2 saturated heterocycles. The van der Waals surface area contributed by atoms with E-state index in [1.165, 1.54) is 12.8 Å². The van der Waals surface area contributed by atoms with Crippen molar-refractivity contribution in [2.24, 2.45) is 11.8 Å². The summed E-state index contributed by atoms with van der Waals surface area (Å²) in [5.74, 6) is -3.34. The fourth-order valence-corrected chi connectivity index (χ4v) is 3.39. The molecule has 0 spiro atoms. The highest BCUT2D eigenvalue weighted by atomic mass is 19.2. The first-order valence-electron chi connectivity index (χ1n) is 9.67. The molecule has 0 bridgehead atoms. The lowest BCUT2D eigenvalue weighted by Gasteiger charge is -2.32. The zero-order valence-electron chi connectivity index (χ0n) is 15.6. The molecule has 0 saturated carbocycles. The first-order valence-corrected chi connectivity index (χ1v) is 9.67. The molecule has 2 aliphatic rings. The Morgan fingerprint density at radius 1 is 0.815 bits per heavy atom. The van der Waals surface area contributed by atoms with Crippen LogP contribution in [0.2, 0.25) is 0 Å². The highest BCUT2D eigenvalue weighted by Gasteiger charge is 2.28. The first kappa shape index (κ1) is 20.6. The van der Waals surface area contributed by atoms with E-state index in [1.54, 1.807) is 0 Å². The van der Waals surface area contributed by atoms with E-state index in [0.717, 1.165) is 44.6 Å². The third kappa shape index (κ3) is 5.67. The van der Waals surface area contributed by atoms with E-state index in [4.69, 9.17) is 18.9 Å². The molecule has 7 heteroatoms. The molecule has 0 radical (unpaired) electrons. The first-order chi connectivity index (χ1) is 13.1. The van der Waals surface area contributed by atoms with Gasteiger partial charge in [0.1, 0.15) is 0 Å². The van der Waals surface area contributed by atoms with Crippen LogP contribution in [0.3, 0.4) is 0 Å². The largest absolute Gasteiger partial charge is 0.352 e. The summed E-state index contributed by atoms with van der Waals surface area (Å²) in [4.78, 5) is 0. The minimum absolute atomic E-state index is 0.141. The lowest BCUT2D eigenvalue weighted by Crippen LogP contribution is -2.33. The molecule has 27 heavy (non-hydrogen) atoms. The van der Waals surface area contributed by atoms with Gasteiger partial charge in [-0.3, -0.25) is 0 Å². The summed E-state index contributed by atoms with van der Waals surface area (Å²) in [5.41, 5.74) is 0.141. The number of unbranched alkanes of at least 4 members (excludes halogenated alkanes) is 1. The molecule has 0 aromatic heterocycles. The summed E-state index contributed by atoms with van der Waals surface area (Å²) in [7, 11) is 0. The van der Waals surface area contributed by atoms with Crippen molar-refractivity contribution in [3.8, 4) is 0 Å². The number of ether oxygens (including phenoxy) is 4. The predicted molar refractivity (Wildman–Crippen MR) is 92.4 cm³/mol. The Labute approximate surface area is 157 Å². The van der Waals surface area contributed by atoms with Crippen molar-refractivity contribution < 1.29 is 32.1 Å². The van der Waals surface area contributed by atoms with Crippen LogP contribution in [0, 0.1) is 29.3 Å². The normalized spacial score (nSPS) is 29.0. The summed E-state index contributed by atoms with van der Waals surface area (Å²) in [6.45, 7) is 4.46. The van der Waals surface area contributed by atoms with Crippen molar-refractivity contribution in [3.05, 3.63) is 35.1 Å². The minimum atomic E-state index is -1.49. The standard InChI is InChI=1S/C20H27F3O4/c1-2-3-4-13-9-24-18(25-10-13)6-5-14-11-26-20(27-12-14)15-7-16(21)19(23)17(22)8-15/h7-8,13-14,18,20H,2-6,9-12H2,1H3. The third-order valence-corrected chi connectivity index (χ3v) is 5.06. The molecule has 3 rings (SSSR count). The summed E-state index contributed by atoms with van der Waals surface area (Å²) in [6.07, 6.45) is 4.00. The van der Waals surface area contributed by atoms with Crippen molar-refractivity contribution in [2.45, 2.75) is 51.6 Å². The van der Waals surface area contributed by atoms with Gasteiger partial charge >= 0.3 is 0 Å². The molecule has 0 aliphatic carbocycles. The highest BCUT2D eigenvalue weighted by molar-refractivity contribution is 5.20. The Morgan fingerprint density at radius 3 is 1.96 bits per heavy atom. The summed E-state index contributed by atoms with van der Waals surface area (Å²) >= 11 is 0. The molecule has 0 N–H and O–H groups in total. The zero-order valence-corrected chi connectivity index (χ0v) is 15.6. The van der Waals surface area contributed by atoms with E-state index < -0.39 is 23.7 Å². The van der Waals surface area contributed by atoms with E-state index >= 15 is 0 Å². The Hall–Kier alpha value is -1.15. The van der Waals surface area contributed by atoms with E-state index in [9.17, 15) is 13.2 Å². The second-order valence-corrected chi connectivity index (χ2v) is 7.34. The fourth-order valence-electron chi connectivity index (χ4n) is 3.39. The summed E-state index contributed by atoms with van der Waals surface area (Å²) in [5, 5.41) is 0.